The fourth-order valence-electron chi connectivity index (χ4n) is 6.43. The number of hydrogen-bond acceptors (Lipinski definition) is 2. The minimum Gasteiger partial charge on any atom is -0.265 e. The van der Waals surface area contributed by atoms with Crippen molar-refractivity contribution in [1.82, 2.24) is 9.97 Å². The second-order valence-electron chi connectivity index (χ2n) is 11.2. The van der Waals surface area contributed by atoms with Gasteiger partial charge in [0, 0.05) is 35.9 Å². The zero-order valence-corrected chi connectivity index (χ0v) is 23.8. The SMILES string of the molecule is Cc1cccc(-c2c3ccccc3c(-c3ccc4ccc(-c5cncc(-c6ccncc6)c5)cc4c3)c3ccccc23)c1. The summed E-state index contributed by atoms with van der Waals surface area (Å²) < 4.78 is 0. The van der Waals surface area contributed by atoms with E-state index >= 15 is 0 Å². The van der Waals surface area contributed by atoms with E-state index in [4.69, 9.17) is 0 Å². The summed E-state index contributed by atoms with van der Waals surface area (Å²) >= 11 is 0. The van der Waals surface area contributed by atoms with Crippen molar-refractivity contribution in [3.8, 4) is 44.5 Å². The molecular formula is C41H28N2. The highest BCUT2D eigenvalue weighted by atomic mass is 14.6. The van der Waals surface area contributed by atoms with Crippen molar-refractivity contribution in [3.05, 3.63) is 158 Å². The zero-order valence-electron chi connectivity index (χ0n) is 23.8. The molecule has 2 heterocycles. The van der Waals surface area contributed by atoms with Gasteiger partial charge in [-0.3, -0.25) is 9.97 Å². The van der Waals surface area contributed by atoms with Crippen molar-refractivity contribution >= 4 is 32.3 Å². The van der Waals surface area contributed by atoms with Gasteiger partial charge in [0.2, 0.25) is 0 Å². The van der Waals surface area contributed by atoms with Crippen LogP contribution in [-0.2, 0) is 0 Å². The Kier molecular flexibility index (Phi) is 6.05. The molecule has 43 heavy (non-hydrogen) atoms. The topological polar surface area (TPSA) is 25.8 Å². The van der Waals surface area contributed by atoms with Crippen molar-refractivity contribution in [1.29, 1.82) is 0 Å². The molecule has 6 aromatic carbocycles. The molecule has 0 aliphatic rings. The van der Waals surface area contributed by atoms with Gasteiger partial charge in [-0.25, -0.2) is 0 Å². The lowest BCUT2D eigenvalue weighted by atomic mass is 9.85. The highest BCUT2D eigenvalue weighted by molar-refractivity contribution is 6.21. The maximum atomic E-state index is 4.57. The van der Waals surface area contributed by atoms with E-state index in [2.05, 4.69) is 132 Å². The fourth-order valence-corrected chi connectivity index (χ4v) is 6.43. The van der Waals surface area contributed by atoms with Crippen LogP contribution in [0.1, 0.15) is 5.56 Å². The van der Waals surface area contributed by atoms with Crippen molar-refractivity contribution in [3.63, 3.8) is 0 Å². The van der Waals surface area contributed by atoms with Crippen molar-refractivity contribution in [2.45, 2.75) is 6.92 Å². The van der Waals surface area contributed by atoms with Gasteiger partial charge in [-0.05, 0) is 103 Å². The van der Waals surface area contributed by atoms with Gasteiger partial charge in [0.05, 0.1) is 0 Å². The quantitative estimate of drug-likeness (QED) is 0.204. The van der Waals surface area contributed by atoms with Crippen LogP contribution in [0.4, 0.5) is 0 Å². The molecule has 202 valence electrons. The first kappa shape index (κ1) is 25.1. The molecule has 0 amide bonds. The number of nitrogens with zero attached hydrogens (tertiary/aromatic N) is 2. The average Bonchev–Trinajstić information content (AvgIpc) is 3.07. The lowest BCUT2D eigenvalue weighted by Gasteiger charge is -2.18. The molecule has 0 bridgehead atoms. The second kappa shape index (κ2) is 10.3. The van der Waals surface area contributed by atoms with Crippen LogP contribution >= 0.6 is 0 Å². The van der Waals surface area contributed by atoms with Crippen molar-refractivity contribution in [2.75, 3.05) is 0 Å². The highest BCUT2D eigenvalue weighted by Gasteiger charge is 2.17. The summed E-state index contributed by atoms with van der Waals surface area (Å²) in [5.74, 6) is 0. The summed E-state index contributed by atoms with van der Waals surface area (Å²) in [6.07, 6.45) is 7.50. The van der Waals surface area contributed by atoms with Crippen LogP contribution in [0, 0.1) is 6.92 Å². The first-order valence-corrected chi connectivity index (χ1v) is 14.6. The van der Waals surface area contributed by atoms with Crippen LogP contribution in [0.15, 0.2) is 152 Å². The minimum absolute atomic E-state index is 1.08. The second-order valence-corrected chi connectivity index (χ2v) is 11.2. The molecule has 0 fully saturated rings. The maximum absolute atomic E-state index is 4.57. The Morgan fingerprint density at radius 3 is 1.56 bits per heavy atom. The van der Waals surface area contributed by atoms with Crippen molar-refractivity contribution in [2.24, 2.45) is 0 Å². The molecule has 0 spiro atoms. The molecule has 2 aromatic heterocycles. The first-order valence-electron chi connectivity index (χ1n) is 14.6. The Morgan fingerprint density at radius 1 is 0.372 bits per heavy atom. The Hall–Kier alpha value is -5.60. The van der Waals surface area contributed by atoms with Crippen molar-refractivity contribution < 1.29 is 0 Å². The third-order valence-corrected chi connectivity index (χ3v) is 8.45. The minimum atomic E-state index is 1.08. The summed E-state index contributed by atoms with van der Waals surface area (Å²) in [7, 11) is 0. The van der Waals surface area contributed by atoms with Crippen LogP contribution < -0.4 is 0 Å². The Bertz CT molecular complexity index is 2240. The zero-order chi connectivity index (χ0) is 28.8. The molecule has 0 N–H and O–H groups in total. The Balaban J connectivity index is 1.33. The molecule has 0 saturated carbocycles. The van der Waals surface area contributed by atoms with Gasteiger partial charge >= 0.3 is 0 Å². The summed E-state index contributed by atoms with van der Waals surface area (Å²) in [4.78, 5) is 8.73. The number of aryl methyl sites for hydroxylation is 1. The first-order chi connectivity index (χ1) is 21.2. The van der Waals surface area contributed by atoms with Gasteiger partial charge in [-0.15, -0.1) is 0 Å². The number of aromatic nitrogens is 2. The Morgan fingerprint density at radius 2 is 0.930 bits per heavy atom. The van der Waals surface area contributed by atoms with Crippen LogP contribution in [0.2, 0.25) is 0 Å². The number of pyridine rings is 2. The summed E-state index contributed by atoms with van der Waals surface area (Å²) in [5.41, 5.74) is 10.8. The molecule has 0 aliphatic heterocycles. The van der Waals surface area contributed by atoms with E-state index < -0.39 is 0 Å². The monoisotopic (exact) mass is 548 g/mol. The van der Waals surface area contributed by atoms with E-state index in [0.29, 0.717) is 0 Å². The van der Waals surface area contributed by atoms with E-state index in [0.717, 1.165) is 22.3 Å². The van der Waals surface area contributed by atoms with Gasteiger partial charge in [-0.2, -0.15) is 0 Å². The molecule has 0 radical (unpaired) electrons. The molecule has 8 rings (SSSR count). The third kappa shape index (κ3) is 4.45. The average molecular weight is 549 g/mol. The maximum Gasteiger partial charge on any atom is 0.0346 e. The molecule has 2 nitrogen and oxygen atoms in total. The van der Waals surface area contributed by atoms with E-state index in [-0.39, 0.29) is 0 Å². The van der Waals surface area contributed by atoms with Gasteiger partial charge < -0.3 is 0 Å². The van der Waals surface area contributed by atoms with Gasteiger partial charge in [0.15, 0.2) is 0 Å². The molecule has 2 heteroatoms. The van der Waals surface area contributed by atoms with E-state index in [1.807, 2.05) is 36.9 Å². The lowest BCUT2D eigenvalue weighted by molar-refractivity contribution is 1.30. The molecule has 8 aromatic rings. The van der Waals surface area contributed by atoms with Gasteiger partial charge in [0.1, 0.15) is 0 Å². The number of fused-ring (bicyclic) bond motifs is 3. The standard InChI is InChI=1S/C41H28N2/c1-27-7-6-8-31(21-27)40-36-9-2-4-11-38(36)41(39-12-5-3-10-37(39)40)32-16-14-28-13-15-30(22-33(28)23-32)35-24-34(25-43-26-35)29-17-19-42-20-18-29/h2-26H,1H3. The molecule has 0 unspecified atom stereocenters. The summed E-state index contributed by atoms with van der Waals surface area (Å²) in [5, 5.41) is 7.50. The van der Waals surface area contributed by atoms with Crippen LogP contribution in [0.3, 0.4) is 0 Å². The summed E-state index contributed by atoms with van der Waals surface area (Å²) in [6, 6.07) is 46.4. The smallest absolute Gasteiger partial charge is 0.0346 e. The lowest BCUT2D eigenvalue weighted by Crippen LogP contribution is -1.91. The predicted molar refractivity (Wildman–Crippen MR) is 181 cm³/mol. The van der Waals surface area contributed by atoms with Crippen LogP contribution in [0.5, 0.6) is 0 Å². The normalized spacial score (nSPS) is 11.4. The Labute approximate surface area is 251 Å². The van der Waals surface area contributed by atoms with Gasteiger partial charge in [0.25, 0.3) is 0 Å². The highest BCUT2D eigenvalue weighted by Crippen LogP contribution is 2.44. The predicted octanol–water partition coefficient (Wildman–Crippen LogP) is 10.9. The molecule has 0 aliphatic carbocycles. The molecule has 0 atom stereocenters. The van der Waals surface area contributed by atoms with E-state index in [9.17, 15) is 0 Å². The largest absolute Gasteiger partial charge is 0.265 e. The van der Waals surface area contributed by atoms with Crippen LogP contribution in [-0.4, -0.2) is 9.97 Å². The third-order valence-electron chi connectivity index (χ3n) is 8.45. The fraction of sp³-hybridized carbons (Fsp3) is 0.0244. The van der Waals surface area contributed by atoms with Gasteiger partial charge in [-0.1, -0.05) is 103 Å². The number of benzene rings is 6. The summed E-state index contributed by atoms with van der Waals surface area (Å²) in [6.45, 7) is 2.16. The van der Waals surface area contributed by atoms with Crippen LogP contribution in [0.25, 0.3) is 76.8 Å². The van der Waals surface area contributed by atoms with E-state index in [1.54, 1.807) is 0 Å². The molecular weight excluding hydrogens is 520 g/mol. The van der Waals surface area contributed by atoms with E-state index in [1.165, 1.54) is 60.1 Å². The number of hydrogen-bond donors (Lipinski definition) is 0. The number of rotatable bonds is 4. The molecule has 0 saturated heterocycles.